The van der Waals surface area contributed by atoms with E-state index >= 15 is 0 Å². The molecule has 1 spiro atoms. The first kappa shape index (κ1) is 26.9. The fourth-order valence-corrected chi connectivity index (χ4v) is 7.97. The van der Waals surface area contributed by atoms with Crippen LogP contribution in [0.1, 0.15) is 22.3 Å². The average molecular weight is 613 g/mol. The van der Waals surface area contributed by atoms with Crippen LogP contribution in [0, 0.1) is 0 Å². The Morgan fingerprint density at radius 1 is 0.375 bits per heavy atom. The predicted molar refractivity (Wildman–Crippen MR) is 193 cm³/mol. The van der Waals surface area contributed by atoms with E-state index in [0.717, 1.165) is 50.7 Å². The van der Waals surface area contributed by atoms with Crippen molar-refractivity contribution in [3.05, 3.63) is 192 Å². The summed E-state index contributed by atoms with van der Waals surface area (Å²) in [6.45, 7) is 0. The molecule has 8 aromatic rings. The highest BCUT2D eigenvalue weighted by Crippen LogP contribution is 2.62. The SMILES string of the molecule is c1cc(-c2ccc3c(c2)C2(c4ccccc4O3)c3ccccc3-c3ccccc32)cc(-c2ccc(-c3cccc4ccccc34)nn2)c1. The van der Waals surface area contributed by atoms with Gasteiger partial charge < -0.3 is 4.74 Å². The van der Waals surface area contributed by atoms with Crippen LogP contribution >= 0.6 is 0 Å². The lowest BCUT2D eigenvalue weighted by Gasteiger charge is -2.39. The summed E-state index contributed by atoms with van der Waals surface area (Å²) in [5.41, 5.74) is 13.0. The largest absolute Gasteiger partial charge is 0.457 e. The number of nitrogens with zero attached hydrogens (tertiary/aromatic N) is 2. The number of aromatic nitrogens is 2. The summed E-state index contributed by atoms with van der Waals surface area (Å²) >= 11 is 0. The van der Waals surface area contributed by atoms with Gasteiger partial charge in [-0.15, -0.1) is 10.2 Å². The number of benzene rings is 7. The highest BCUT2D eigenvalue weighted by Gasteiger charge is 2.50. The molecule has 1 aliphatic heterocycles. The zero-order chi connectivity index (χ0) is 31.7. The molecule has 3 nitrogen and oxygen atoms in total. The minimum atomic E-state index is -0.492. The summed E-state index contributed by atoms with van der Waals surface area (Å²) in [6, 6.07) is 60.2. The molecule has 0 atom stereocenters. The van der Waals surface area contributed by atoms with Crippen molar-refractivity contribution in [2.24, 2.45) is 0 Å². The monoisotopic (exact) mass is 612 g/mol. The van der Waals surface area contributed by atoms with Crippen LogP contribution < -0.4 is 4.74 Å². The second kappa shape index (κ2) is 10.3. The minimum Gasteiger partial charge on any atom is -0.457 e. The fraction of sp³-hybridized carbons (Fsp3) is 0.0222. The zero-order valence-corrected chi connectivity index (χ0v) is 26.0. The molecule has 224 valence electrons. The Labute approximate surface area is 278 Å². The lowest BCUT2D eigenvalue weighted by molar-refractivity contribution is 0.436. The van der Waals surface area contributed by atoms with Gasteiger partial charge in [0, 0.05) is 22.3 Å². The van der Waals surface area contributed by atoms with E-state index in [2.05, 4.69) is 175 Å². The summed E-state index contributed by atoms with van der Waals surface area (Å²) in [6.07, 6.45) is 0. The van der Waals surface area contributed by atoms with Gasteiger partial charge in [-0.1, -0.05) is 133 Å². The van der Waals surface area contributed by atoms with Crippen molar-refractivity contribution >= 4 is 10.8 Å². The van der Waals surface area contributed by atoms with Crippen LogP contribution in [0.2, 0.25) is 0 Å². The summed E-state index contributed by atoms with van der Waals surface area (Å²) < 4.78 is 6.63. The predicted octanol–water partition coefficient (Wildman–Crippen LogP) is 11.1. The van der Waals surface area contributed by atoms with Crippen LogP contribution in [0.15, 0.2) is 170 Å². The molecule has 0 radical (unpaired) electrons. The summed E-state index contributed by atoms with van der Waals surface area (Å²) in [4.78, 5) is 0. The van der Waals surface area contributed by atoms with E-state index in [1.807, 2.05) is 0 Å². The maximum atomic E-state index is 6.63. The van der Waals surface area contributed by atoms with E-state index in [9.17, 15) is 0 Å². The summed E-state index contributed by atoms with van der Waals surface area (Å²) in [7, 11) is 0. The van der Waals surface area contributed by atoms with E-state index < -0.39 is 5.41 Å². The number of para-hydroxylation sites is 1. The maximum absolute atomic E-state index is 6.63. The molecule has 0 bridgehead atoms. The molecule has 0 amide bonds. The molecule has 1 aliphatic carbocycles. The molecule has 2 aliphatic rings. The van der Waals surface area contributed by atoms with Gasteiger partial charge in [0.2, 0.25) is 0 Å². The molecule has 0 unspecified atom stereocenters. The number of fused-ring (bicyclic) bond motifs is 10. The van der Waals surface area contributed by atoms with Gasteiger partial charge >= 0.3 is 0 Å². The number of hydrogen-bond donors (Lipinski definition) is 0. The molecule has 1 aromatic heterocycles. The molecular weight excluding hydrogens is 585 g/mol. The molecule has 48 heavy (non-hydrogen) atoms. The minimum absolute atomic E-state index is 0.492. The van der Waals surface area contributed by atoms with Crippen LogP contribution in [-0.4, -0.2) is 10.2 Å². The third-order valence-corrected chi connectivity index (χ3v) is 10.1. The topological polar surface area (TPSA) is 35.0 Å². The lowest BCUT2D eigenvalue weighted by Crippen LogP contribution is -2.32. The molecule has 0 fully saturated rings. The fourth-order valence-electron chi connectivity index (χ4n) is 7.97. The first-order chi connectivity index (χ1) is 23.8. The normalized spacial score (nSPS) is 13.3. The van der Waals surface area contributed by atoms with Crippen molar-refractivity contribution in [2.75, 3.05) is 0 Å². The average Bonchev–Trinajstić information content (AvgIpc) is 3.45. The summed E-state index contributed by atoms with van der Waals surface area (Å²) in [5.74, 6) is 1.78. The van der Waals surface area contributed by atoms with Crippen LogP contribution in [0.25, 0.3) is 55.5 Å². The Hall–Kier alpha value is -6.32. The van der Waals surface area contributed by atoms with Gasteiger partial charge in [-0.25, -0.2) is 0 Å². The van der Waals surface area contributed by atoms with Gasteiger partial charge in [-0.2, -0.15) is 0 Å². The van der Waals surface area contributed by atoms with Gasteiger partial charge in [0.05, 0.1) is 16.8 Å². The zero-order valence-electron chi connectivity index (χ0n) is 26.0. The smallest absolute Gasteiger partial charge is 0.132 e. The van der Waals surface area contributed by atoms with Gasteiger partial charge in [0.25, 0.3) is 0 Å². The Kier molecular flexibility index (Phi) is 5.79. The Morgan fingerprint density at radius 2 is 0.958 bits per heavy atom. The van der Waals surface area contributed by atoms with Crippen LogP contribution in [0.5, 0.6) is 11.5 Å². The van der Waals surface area contributed by atoms with Gasteiger partial charge in [-0.05, 0) is 80.6 Å². The van der Waals surface area contributed by atoms with Crippen molar-refractivity contribution in [3.63, 3.8) is 0 Å². The first-order valence-electron chi connectivity index (χ1n) is 16.3. The highest BCUT2D eigenvalue weighted by molar-refractivity contribution is 5.96. The molecule has 10 rings (SSSR count). The van der Waals surface area contributed by atoms with E-state index in [4.69, 9.17) is 9.84 Å². The summed E-state index contributed by atoms with van der Waals surface area (Å²) in [5, 5.41) is 11.7. The molecule has 0 saturated heterocycles. The van der Waals surface area contributed by atoms with Gasteiger partial charge in [0.15, 0.2) is 0 Å². The second-order valence-corrected chi connectivity index (χ2v) is 12.6. The third kappa shape index (κ3) is 3.82. The maximum Gasteiger partial charge on any atom is 0.132 e. The Morgan fingerprint density at radius 3 is 1.77 bits per heavy atom. The van der Waals surface area contributed by atoms with Crippen LogP contribution in [0.4, 0.5) is 0 Å². The molecule has 3 heteroatoms. The van der Waals surface area contributed by atoms with E-state index in [-0.39, 0.29) is 0 Å². The first-order valence-corrected chi connectivity index (χ1v) is 16.3. The number of rotatable bonds is 3. The quantitative estimate of drug-likeness (QED) is 0.199. The lowest BCUT2D eigenvalue weighted by atomic mass is 9.66. The molecule has 0 N–H and O–H groups in total. The molecule has 7 aromatic carbocycles. The van der Waals surface area contributed by atoms with Gasteiger partial charge in [-0.3, -0.25) is 0 Å². The molecule has 2 heterocycles. The van der Waals surface area contributed by atoms with Crippen molar-refractivity contribution in [3.8, 4) is 56.3 Å². The molecular formula is C45H28N2O. The number of ether oxygens (including phenoxy) is 1. The third-order valence-electron chi connectivity index (χ3n) is 10.1. The van der Waals surface area contributed by atoms with Crippen molar-refractivity contribution in [1.82, 2.24) is 10.2 Å². The molecule has 0 saturated carbocycles. The Balaban J connectivity index is 1.10. The highest BCUT2D eigenvalue weighted by atomic mass is 16.5. The number of hydrogen-bond acceptors (Lipinski definition) is 3. The standard InChI is InChI=1S/C45H28N2O/c1-2-15-33-29(11-1)12-10-18-36(33)42-25-24-41(46-47-42)32-14-9-13-30(27-32)31-23-26-44-40(28-31)45(39-21-7-8-22-43(39)48-44)37-19-5-3-16-34(37)35-17-4-6-20-38(35)45/h1-28H. The van der Waals surface area contributed by atoms with Crippen LogP contribution in [0.3, 0.4) is 0 Å². The van der Waals surface area contributed by atoms with E-state index in [1.54, 1.807) is 0 Å². The van der Waals surface area contributed by atoms with Gasteiger partial charge in [0.1, 0.15) is 11.5 Å². The van der Waals surface area contributed by atoms with Crippen molar-refractivity contribution < 1.29 is 4.74 Å². The van der Waals surface area contributed by atoms with E-state index in [1.165, 1.54) is 38.6 Å². The van der Waals surface area contributed by atoms with Crippen molar-refractivity contribution in [1.29, 1.82) is 0 Å². The Bertz CT molecular complexity index is 2500. The van der Waals surface area contributed by atoms with E-state index in [0.29, 0.717) is 0 Å². The second-order valence-electron chi connectivity index (χ2n) is 12.6. The van der Waals surface area contributed by atoms with Crippen molar-refractivity contribution in [2.45, 2.75) is 5.41 Å². The van der Waals surface area contributed by atoms with Crippen LogP contribution in [-0.2, 0) is 5.41 Å².